The number of rotatable bonds is 10. The van der Waals surface area contributed by atoms with E-state index in [2.05, 4.69) is 20.9 Å². The molecule has 0 fully saturated rings. The fraction of sp³-hybridized carbons (Fsp3) is 0.536. The standard InChI is InChI=1S/C28H42N6O6S/c1-17(35)29-23-30-21(22(41-23)16-33(9)18(2)36)15-12-19-10-13-20(14-11-19)31-28(26(3,4)5,32-24(37)38)34(25(39)40)27(6,7)8/h10-11,13-14,31-32H,12,15-16H2,1-9H3,(H,37,38)(H,39,40)(H,29,30,35). The Kier molecular flexibility index (Phi) is 10.4. The van der Waals surface area contributed by atoms with Crippen LogP contribution in [0.15, 0.2) is 24.3 Å². The van der Waals surface area contributed by atoms with Gasteiger partial charge in [-0.3, -0.25) is 19.8 Å². The van der Waals surface area contributed by atoms with E-state index < -0.39 is 28.9 Å². The van der Waals surface area contributed by atoms with E-state index in [-0.39, 0.29) is 11.8 Å². The number of amides is 4. The molecule has 12 nitrogen and oxygen atoms in total. The summed E-state index contributed by atoms with van der Waals surface area (Å²) in [5.41, 5.74) is 0.419. The van der Waals surface area contributed by atoms with E-state index in [0.717, 1.165) is 21.0 Å². The minimum absolute atomic E-state index is 0.0786. The number of carbonyl (C=O) groups is 4. The molecule has 2 aromatic rings. The fourth-order valence-electron chi connectivity index (χ4n) is 4.40. The third kappa shape index (κ3) is 8.56. The zero-order chi connectivity index (χ0) is 31.3. The Labute approximate surface area is 245 Å². The molecule has 0 bridgehead atoms. The number of aromatic nitrogens is 1. The Morgan fingerprint density at radius 1 is 0.951 bits per heavy atom. The lowest BCUT2D eigenvalue weighted by atomic mass is 9.82. The van der Waals surface area contributed by atoms with E-state index in [1.54, 1.807) is 65.6 Å². The summed E-state index contributed by atoms with van der Waals surface area (Å²) in [6.07, 6.45) is -1.47. The van der Waals surface area contributed by atoms with Crippen molar-refractivity contribution in [3.63, 3.8) is 0 Å². The summed E-state index contributed by atoms with van der Waals surface area (Å²) in [6.45, 7) is 13.7. The lowest BCUT2D eigenvalue weighted by Gasteiger charge is -2.55. The molecular formula is C28H42N6O6S. The summed E-state index contributed by atoms with van der Waals surface area (Å²) < 4.78 is 0. The van der Waals surface area contributed by atoms with Crippen molar-refractivity contribution in [2.24, 2.45) is 5.41 Å². The fourth-order valence-corrected chi connectivity index (χ4v) is 5.51. The normalized spacial score (nSPS) is 13.1. The second kappa shape index (κ2) is 12.8. The van der Waals surface area contributed by atoms with Gasteiger partial charge in [0, 0.05) is 42.4 Å². The molecule has 1 atom stereocenters. The van der Waals surface area contributed by atoms with E-state index in [4.69, 9.17) is 0 Å². The van der Waals surface area contributed by atoms with Gasteiger partial charge in [0.05, 0.1) is 12.2 Å². The van der Waals surface area contributed by atoms with Gasteiger partial charge in [-0.2, -0.15) is 0 Å². The third-order valence-electron chi connectivity index (χ3n) is 6.48. The Hall–Kier alpha value is -3.87. The first-order chi connectivity index (χ1) is 18.8. The van der Waals surface area contributed by atoms with Crippen LogP contribution in [0.1, 0.15) is 71.5 Å². The van der Waals surface area contributed by atoms with Crippen LogP contribution in [0.4, 0.5) is 20.4 Å². The van der Waals surface area contributed by atoms with E-state index in [0.29, 0.717) is 30.2 Å². The van der Waals surface area contributed by atoms with Crippen molar-refractivity contribution in [1.82, 2.24) is 20.1 Å². The molecule has 0 aliphatic rings. The number of nitrogens with zero attached hydrogens (tertiary/aromatic N) is 3. The summed E-state index contributed by atoms with van der Waals surface area (Å²) in [6, 6.07) is 7.30. The van der Waals surface area contributed by atoms with Gasteiger partial charge in [-0.1, -0.05) is 44.2 Å². The summed E-state index contributed by atoms with van der Waals surface area (Å²) >= 11 is 1.34. The van der Waals surface area contributed by atoms with Crippen LogP contribution in [0, 0.1) is 5.41 Å². The maximum Gasteiger partial charge on any atom is 0.411 e. The number of hydrogen-bond acceptors (Lipinski definition) is 7. The number of benzene rings is 1. The zero-order valence-electron chi connectivity index (χ0n) is 25.2. The smallest absolute Gasteiger partial charge is 0.411 e. The average Bonchev–Trinajstić information content (AvgIpc) is 3.16. The molecule has 5 N–H and O–H groups in total. The van der Waals surface area contributed by atoms with Gasteiger partial charge in [0.1, 0.15) is 0 Å². The van der Waals surface area contributed by atoms with E-state index in [1.807, 2.05) is 12.1 Å². The lowest BCUT2D eigenvalue weighted by molar-refractivity contribution is -0.128. The molecular weight excluding hydrogens is 548 g/mol. The van der Waals surface area contributed by atoms with Crippen LogP contribution in [-0.4, -0.2) is 67.4 Å². The Morgan fingerprint density at radius 2 is 1.54 bits per heavy atom. The number of thiazole rings is 1. The maximum absolute atomic E-state index is 12.5. The van der Waals surface area contributed by atoms with Crippen LogP contribution in [-0.2, 0) is 29.0 Å². The molecule has 0 radical (unpaired) electrons. The second-order valence-electron chi connectivity index (χ2n) is 11.9. The SMILES string of the molecule is CC(=O)Nc1nc(CCc2ccc(NC(NC(=O)O)(N(C(=O)O)C(C)(C)C)C(C)(C)C)cc2)c(CN(C)C(C)=O)s1. The van der Waals surface area contributed by atoms with Crippen LogP contribution in [0.25, 0.3) is 0 Å². The number of nitrogens with one attached hydrogen (secondary N) is 3. The van der Waals surface area contributed by atoms with E-state index >= 15 is 0 Å². The number of carboxylic acid groups (broad SMARTS) is 2. The molecule has 0 spiro atoms. The predicted octanol–water partition coefficient (Wildman–Crippen LogP) is 5.02. The van der Waals surface area contributed by atoms with Crippen LogP contribution >= 0.6 is 11.3 Å². The van der Waals surface area contributed by atoms with Crippen LogP contribution in [0.5, 0.6) is 0 Å². The molecule has 1 aromatic carbocycles. The molecule has 0 aliphatic carbocycles. The molecule has 1 heterocycles. The van der Waals surface area contributed by atoms with Crippen molar-refractivity contribution in [3.05, 3.63) is 40.4 Å². The van der Waals surface area contributed by atoms with E-state index in [1.165, 1.54) is 25.2 Å². The van der Waals surface area contributed by atoms with Gasteiger partial charge in [0.15, 0.2) is 5.13 Å². The lowest BCUT2D eigenvalue weighted by Crippen LogP contribution is -2.76. The van der Waals surface area contributed by atoms with Gasteiger partial charge in [0.25, 0.3) is 0 Å². The molecule has 0 saturated carbocycles. The van der Waals surface area contributed by atoms with Gasteiger partial charge in [-0.05, 0) is 51.3 Å². The van der Waals surface area contributed by atoms with Crippen LogP contribution in [0.3, 0.4) is 0 Å². The first-order valence-electron chi connectivity index (χ1n) is 13.2. The summed E-state index contributed by atoms with van der Waals surface area (Å²) in [5.74, 6) is -2.01. The van der Waals surface area contributed by atoms with Gasteiger partial charge in [-0.15, -0.1) is 0 Å². The molecule has 226 valence electrons. The van der Waals surface area contributed by atoms with Gasteiger partial charge < -0.3 is 25.7 Å². The Balaban J connectivity index is 2.36. The van der Waals surface area contributed by atoms with Gasteiger partial charge in [-0.25, -0.2) is 14.6 Å². The monoisotopic (exact) mass is 590 g/mol. The van der Waals surface area contributed by atoms with Gasteiger partial charge in [0.2, 0.25) is 17.6 Å². The Bertz CT molecular complexity index is 1260. The van der Waals surface area contributed by atoms with Crippen molar-refractivity contribution in [3.8, 4) is 0 Å². The Morgan fingerprint density at radius 3 is 1.98 bits per heavy atom. The molecule has 4 amide bonds. The highest BCUT2D eigenvalue weighted by molar-refractivity contribution is 7.15. The van der Waals surface area contributed by atoms with Crippen molar-refractivity contribution >= 4 is 46.2 Å². The number of aryl methyl sites for hydroxylation is 2. The molecule has 13 heteroatoms. The topological polar surface area (TPSA) is 164 Å². The van der Waals surface area contributed by atoms with Crippen molar-refractivity contribution < 1.29 is 29.4 Å². The van der Waals surface area contributed by atoms with Crippen LogP contribution in [0.2, 0.25) is 0 Å². The second-order valence-corrected chi connectivity index (χ2v) is 13.0. The first-order valence-corrected chi connectivity index (χ1v) is 14.0. The quantitative estimate of drug-likeness (QED) is 0.241. The van der Waals surface area contributed by atoms with E-state index in [9.17, 15) is 29.4 Å². The van der Waals surface area contributed by atoms with Crippen molar-refractivity contribution in [2.45, 2.75) is 86.1 Å². The highest BCUT2D eigenvalue weighted by Gasteiger charge is 2.54. The summed E-state index contributed by atoms with van der Waals surface area (Å²) in [4.78, 5) is 55.9. The van der Waals surface area contributed by atoms with Crippen molar-refractivity contribution in [1.29, 1.82) is 0 Å². The summed E-state index contributed by atoms with van der Waals surface area (Å²) in [5, 5.41) is 28.8. The van der Waals surface area contributed by atoms with Gasteiger partial charge >= 0.3 is 12.2 Å². The molecule has 2 rings (SSSR count). The minimum Gasteiger partial charge on any atom is -0.465 e. The number of carbonyl (C=O) groups excluding carboxylic acids is 2. The van der Waals surface area contributed by atoms with Crippen molar-refractivity contribution in [2.75, 3.05) is 17.7 Å². The first kappa shape index (κ1) is 33.3. The number of anilines is 2. The number of hydrogen-bond donors (Lipinski definition) is 5. The molecule has 1 aromatic heterocycles. The maximum atomic E-state index is 12.5. The molecule has 41 heavy (non-hydrogen) atoms. The highest BCUT2D eigenvalue weighted by Crippen LogP contribution is 2.39. The van der Waals surface area contributed by atoms with Crippen LogP contribution < -0.4 is 16.0 Å². The largest absolute Gasteiger partial charge is 0.465 e. The molecule has 1 unspecified atom stereocenters. The minimum atomic E-state index is -1.71. The summed E-state index contributed by atoms with van der Waals surface area (Å²) in [7, 11) is 1.71. The highest BCUT2D eigenvalue weighted by atomic mass is 32.1. The molecule has 0 saturated heterocycles. The third-order valence-corrected chi connectivity index (χ3v) is 7.48. The predicted molar refractivity (Wildman–Crippen MR) is 159 cm³/mol. The zero-order valence-corrected chi connectivity index (χ0v) is 26.0. The average molecular weight is 591 g/mol. The molecule has 0 aliphatic heterocycles.